The normalized spacial score (nSPS) is 18.7. The Kier molecular flexibility index (Phi) is 21.9. The number of carboxylic acid groups (broad SMARTS) is 2. The lowest BCUT2D eigenvalue weighted by Gasteiger charge is -2.33. The lowest BCUT2D eigenvalue weighted by Crippen LogP contribution is -2.59. The molecule has 2 rings (SSSR count). The van der Waals surface area contributed by atoms with E-state index < -0.39 is 120 Å². The maximum absolute atomic E-state index is 14.0. The zero-order chi connectivity index (χ0) is 48.4. The van der Waals surface area contributed by atoms with Crippen LogP contribution >= 0.6 is 0 Å². The van der Waals surface area contributed by atoms with Crippen molar-refractivity contribution < 1.29 is 58.2 Å². The predicted octanol–water partition coefficient (Wildman–Crippen LogP) is -3.21. The second-order valence-corrected chi connectivity index (χ2v) is 17.1. The second-order valence-electron chi connectivity index (χ2n) is 17.1. The Morgan fingerprint density at radius 1 is 0.656 bits per heavy atom. The molecule has 8 atom stereocenters. The quantitative estimate of drug-likeness (QED) is 0.0244. The van der Waals surface area contributed by atoms with Gasteiger partial charge < -0.3 is 68.7 Å². The van der Waals surface area contributed by atoms with Gasteiger partial charge in [0.2, 0.25) is 47.3 Å². The van der Waals surface area contributed by atoms with Gasteiger partial charge in [-0.1, -0.05) is 27.7 Å². The van der Waals surface area contributed by atoms with Gasteiger partial charge in [-0.2, -0.15) is 0 Å². The van der Waals surface area contributed by atoms with Gasteiger partial charge in [-0.25, -0.2) is 4.79 Å². The molecule has 8 amide bonds. The average molecular weight is 909 g/mol. The molecular weight excluding hydrogens is 841 g/mol. The molecule has 2 fully saturated rings. The van der Waals surface area contributed by atoms with E-state index in [1.165, 1.54) is 23.6 Å². The fourth-order valence-electron chi connectivity index (χ4n) is 7.33. The maximum atomic E-state index is 14.0. The number of amides is 8. The van der Waals surface area contributed by atoms with E-state index in [-0.39, 0.29) is 63.1 Å². The minimum absolute atomic E-state index is 0.0186. The summed E-state index contributed by atoms with van der Waals surface area (Å²) in [5, 5.41) is 43.7. The lowest BCUT2D eigenvalue weighted by atomic mass is 10.0. The number of likely N-dealkylation sites (tertiary alicyclic amines) is 2. The van der Waals surface area contributed by atoms with Crippen LogP contribution in [0.1, 0.15) is 99.3 Å². The fraction of sp³-hybridized carbons (Fsp3) is 0.725. The van der Waals surface area contributed by atoms with Crippen molar-refractivity contribution in [2.75, 3.05) is 26.2 Å². The van der Waals surface area contributed by atoms with Crippen LogP contribution in [0.5, 0.6) is 0 Å². The Balaban J connectivity index is 2.13. The molecule has 0 saturated carbocycles. The molecule has 360 valence electrons. The van der Waals surface area contributed by atoms with Gasteiger partial charge in [0.15, 0.2) is 5.96 Å². The van der Waals surface area contributed by atoms with Gasteiger partial charge in [0, 0.05) is 19.6 Å². The molecule has 2 heterocycles. The van der Waals surface area contributed by atoms with Crippen molar-refractivity contribution in [3.63, 3.8) is 0 Å². The van der Waals surface area contributed by atoms with Crippen LogP contribution < -0.4 is 48.7 Å². The zero-order valence-corrected chi connectivity index (χ0v) is 37.5. The van der Waals surface area contributed by atoms with Gasteiger partial charge in [0.25, 0.3) is 0 Å². The number of nitrogens with one attached hydrogen (secondary N) is 8. The number of hydrogen-bond donors (Lipinski definition) is 12. The molecule has 0 radical (unpaired) electrons. The number of nitrogens with zero attached hydrogens (tertiary/aromatic N) is 2. The Morgan fingerprint density at radius 3 is 1.77 bits per heavy atom. The van der Waals surface area contributed by atoms with E-state index in [4.69, 9.17) is 16.9 Å². The molecule has 0 spiro atoms. The zero-order valence-electron chi connectivity index (χ0n) is 37.5. The van der Waals surface area contributed by atoms with E-state index in [0.717, 1.165) is 0 Å². The third-order valence-electron chi connectivity index (χ3n) is 10.5. The number of hydrogen-bond acceptors (Lipinski definition) is 12. The topological polar surface area (TPSA) is 378 Å². The van der Waals surface area contributed by atoms with Crippen LogP contribution in [0.2, 0.25) is 0 Å². The number of carbonyl (C=O) groups is 10. The van der Waals surface area contributed by atoms with Crippen molar-refractivity contribution in [1.82, 2.24) is 47.0 Å². The smallest absolute Gasteiger partial charge is 0.326 e. The molecule has 14 N–H and O–H groups in total. The van der Waals surface area contributed by atoms with Crippen molar-refractivity contribution in [2.24, 2.45) is 23.3 Å². The summed E-state index contributed by atoms with van der Waals surface area (Å²) < 4.78 is 0. The first-order valence-electron chi connectivity index (χ1n) is 21.6. The van der Waals surface area contributed by atoms with Crippen molar-refractivity contribution in [2.45, 2.75) is 148 Å². The minimum Gasteiger partial charge on any atom is -0.481 e. The van der Waals surface area contributed by atoms with Gasteiger partial charge in [-0.05, 0) is 77.0 Å². The molecule has 0 aliphatic carbocycles. The molecule has 0 aromatic heterocycles. The Bertz CT molecular complexity index is 1730. The van der Waals surface area contributed by atoms with E-state index in [0.29, 0.717) is 25.7 Å². The summed E-state index contributed by atoms with van der Waals surface area (Å²) in [4.78, 5) is 133. The van der Waals surface area contributed by atoms with Gasteiger partial charge in [-0.3, -0.25) is 48.6 Å². The lowest BCUT2D eigenvalue weighted by molar-refractivity contribution is -0.152. The van der Waals surface area contributed by atoms with Gasteiger partial charge >= 0.3 is 11.9 Å². The first-order chi connectivity index (χ1) is 29.9. The molecule has 2 saturated heterocycles. The highest BCUT2D eigenvalue weighted by Gasteiger charge is 2.44. The van der Waals surface area contributed by atoms with Gasteiger partial charge in [0.1, 0.15) is 42.3 Å². The maximum Gasteiger partial charge on any atom is 0.326 e. The summed E-state index contributed by atoms with van der Waals surface area (Å²) in [5.74, 6) is -9.23. The van der Waals surface area contributed by atoms with Crippen LogP contribution in [-0.4, -0.2) is 160 Å². The molecule has 0 unspecified atom stereocenters. The summed E-state index contributed by atoms with van der Waals surface area (Å²) in [6.45, 7) is 9.87. The minimum atomic E-state index is -1.72. The number of carboxylic acids is 2. The van der Waals surface area contributed by atoms with Crippen molar-refractivity contribution >= 4 is 65.2 Å². The monoisotopic (exact) mass is 909 g/mol. The van der Waals surface area contributed by atoms with Crippen LogP contribution in [0, 0.1) is 17.2 Å². The first kappa shape index (κ1) is 54.1. The largest absolute Gasteiger partial charge is 0.481 e. The van der Waals surface area contributed by atoms with E-state index >= 15 is 0 Å². The highest BCUT2D eigenvalue weighted by atomic mass is 16.4. The summed E-state index contributed by atoms with van der Waals surface area (Å²) in [6.07, 6.45) is 1.28. The van der Waals surface area contributed by atoms with E-state index in [9.17, 15) is 58.2 Å². The number of carbonyl (C=O) groups excluding carboxylic acids is 8. The Labute approximate surface area is 372 Å². The number of nitrogens with two attached hydrogens (primary N) is 2. The van der Waals surface area contributed by atoms with E-state index in [1.807, 2.05) is 13.8 Å². The fourth-order valence-corrected chi connectivity index (χ4v) is 7.33. The molecule has 64 heavy (non-hydrogen) atoms. The highest BCUT2D eigenvalue weighted by molar-refractivity contribution is 5.98. The summed E-state index contributed by atoms with van der Waals surface area (Å²) in [5.41, 5.74) is 10.9. The molecule has 2 aliphatic rings. The molecule has 2 aliphatic heterocycles. The SMILES string of the molecule is CC(C)C[C@H](NC(=O)[C@H](CC(=O)O)NC(=O)CNC(=O)[C@H](CCCNC(=N)N)NC(=O)[C@H](C)N)C(=O)N[C@@H](C)C(=O)N[C@@H](CC(C)C)C(=O)N1CCC[C@@H]1C(=O)N1CCC[C@H]1C(=O)O. The third-order valence-corrected chi connectivity index (χ3v) is 10.5. The van der Waals surface area contributed by atoms with Crippen molar-refractivity contribution in [3.05, 3.63) is 0 Å². The summed E-state index contributed by atoms with van der Waals surface area (Å²) in [7, 11) is 0. The van der Waals surface area contributed by atoms with E-state index in [1.54, 1.807) is 13.8 Å². The third kappa shape index (κ3) is 17.6. The standard InChI is InChI=1S/C40H68N12O12/c1-20(2)16-25(49-36(60)26(18-31(54)55)47-30(53)19-45-34(58)24(48-32(56)22(5)41)10-7-13-44-40(42)43)35(59)46-23(6)33(57)50-27(17-21(3)4)37(61)51-14-8-11-28(51)38(62)52-15-9-12-29(52)39(63)64/h20-29H,7-19,41H2,1-6H3,(H,45,58)(H,46,59)(H,47,53)(H,48,56)(H,49,60)(H,50,57)(H,54,55)(H,63,64)(H4,42,43,44)/t22-,23-,24-,25-,26-,27-,28+,29-/m0/s1. The number of rotatable bonds is 25. The Morgan fingerprint density at radius 2 is 1.20 bits per heavy atom. The summed E-state index contributed by atoms with van der Waals surface area (Å²) >= 11 is 0. The number of aliphatic carboxylic acids is 2. The second kappa shape index (κ2) is 25.9. The van der Waals surface area contributed by atoms with Gasteiger partial charge in [0.05, 0.1) is 19.0 Å². The molecule has 24 nitrogen and oxygen atoms in total. The van der Waals surface area contributed by atoms with Crippen molar-refractivity contribution in [3.8, 4) is 0 Å². The van der Waals surface area contributed by atoms with Gasteiger partial charge in [-0.15, -0.1) is 0 Å². The highest BCUT2D eigenvalue weighted by Crippen LogP contribution is 2.26. The van der Waals surface area contributed by atoms with Crippen LogP contribution in [0.3, 0.4) is 0 Å². The van der Waals surface area contributed by atoms with Crippen LogP contribution in [0.25, 0.3) is 0 Å². The molecular formula is C40H68N12O12. The van der Waals surface area contributed by atoms with E-state index in [2.05, 4.69) is 37.2 Å². The number of guanidine groups is 1. The van der Waals surface area contributed by atoms with Crippen LogP contribution in [0.15, 0.2) is 0 Å². The first-order valence-corrected chi connectivity index (χ1v) is 21.6. The molecule has 24 heteroatoms. The molecule has 0 aromatic rings. The Hall–Kier alpha value is -6.07. The van der Waals surface area contributed by atoms with Crippen LogP contribution in [-0.2, 0) is 47.9 Å². The average Bonchev–Trinajstić information content (AvgIpc) is 3.90. The van der Waals surface area contributed by atoms with Crippen LogP contribution in [0.4, 0.5) is 0 Å². The predicted molar refractivity (Wildman–Crippen MR) is 229 cm³/mol. The summed E-state index contributed by atoms with van der Waals surface area (Å²) in [6, 6.07) is -9.39. The molecule has 0 aromatic carbocycles. The molecule has 0 bridgehead atoms. The van der Waals surface area contributed by atoms with Crippen molar-refractivity contribution in [1.29, 1.82) is 5.41 Å².